The molecule has 1 N–H and O–H groups in total. The summed E-state index contributed by atoms with van der Waals surface area (Å²) in [6, 6.07) is 11.7. The normalized spacial score (nSPS) is 18.3. The number of aromatic nitrogens is 1. The molecule has 1 unspecified atom stereocenters. The van der Waals surface area contributed by atoms with E-state index >= 15 is 0 Å². The van der Waals surface area contributed by atoms with E-state index in [4.69, 9.17) is 4.99 Å². The second-order valence-electron chi connectivity index (χ2n) is 11.3. The van der Waals surface area contributed by atoms with Crippen LogP contribution < -0.4 is 10.8 Å². The molecule has 0 spiro atoms. The molecule has 0 bridgehead atoms. The van der Waals surface area contributed by atoms with E-state index in [1.54, 1.807) is 0 Å². The van der Waals surface area contributed by atoms with Gasteiger partial charge in [-0.1, -0.05) is 13.0 Å². The highest BCUT2D eigenvalue weighted by atomic mass is 19.4. The van der Waals surface area contributed by atoms with Gasteiger partial charge >= 0.3 is 6.18 Å². The molecule has 1 fully saturated rings. The minimum absolute atomic E-state index is 0.0345. The second kappa shape index (κ2) is 14.1. The molecule has 2 aliphatic rings. The number of likely N-dealkylation sites (N-methyl/N-ethyl adjacent to an activating group) is 1. The van der Waals surface area contributed by atoms with Gasteiger partial charge in [-0.15, -0.1) is 0 Å². The molecular formula is C32H41F3N6O2. The Hall–Kier alpha value is -3.86. The molecule has 1 atom stereocenters. The molecule has 2 aromatic rings. The Bertz CT molecular complexity index is 1430. The van der Waals surface area contributed by atoms with E-state index in [1.807, 2.05) is 92.3 Å². The van der Waals surface area contributed by atoms with Crippen molar-refractivity contribution in [3.63, 3.8) is 0 Å². The summed E-state index contributed by atoms with van der Waals surface area (Å²) in [5, 5.41) is 3.38. The van der Waals surface area contributed by atoms with E-state index in [9.17, 15) is 22.8 Å². The van der Waals surface area contributed by atoms with Gasteiger partial charge in [-0.2, -0.15) is 13.2 Å². The summed E-state index contributed by atoms with van der Waals surface area (Å²) in [6.45, 7) is 4.12. The fraction of sp³-hybridized carbons (Fsp3) is 0.469. The van der Waals surface area contributed by atoms with Crippen molar-refractivity contribution in [3.8, 4) is 0 Å². The zero-order chi connectivity index (χ0) is 31.1. The van der Waals surface area contributed by atoms with Crippen LogP contribution in [0.4, 0.5) is 18.9 Å². The largest absolute Gasteiger partial charge is 0.389 e. The Labute approximate surface area is 251 Å². The first-order valence-electron chi connectivity index (χ1n) is 14.7. The number of anilines is 1. The summed E-state index contributed by atoms with van der Waals surface area (Å²) in [6.07, 6.45) is 2.04. The summed E-state index contributed by atoms with van der Waals surface area (Å²) in [7, 11) is 5.98. The molecule has 43 heavy (non-hydrogen) atoms. The monoisotopic (exact) mass is 598 g/mol. The number of likely N-dealkylation sites (tertiary alicyclic amines) is 1. The highest BCUT2D eigenvalue weighted by Gasteiger charge is 2.30. The van der Waals surface area contributed by atoms with Crippen LogP contribution in [0.1, 0.15) is 54.9 Å². The third-order valence-electron chi connectivity index (χ3n) is 7.89. The molecule has 232 valence electrons. The van der Waals surface area contributed by atoms with E-state index in [2.05, 4.69) is 10.2 Å². The lowest BCUT2D eigenvalue weighted by atomic mass is 10.00. The molecule has 0 aliphatic carbocycles. The van der Waals surface area contributed by atoms with Crippen LogP contribution in [-0.2, 0) is 11.8 Å². The smallest absolute Gasteiger partial charge is 0.340 e. The molecule has 2 amide bonds. The fourth-order valence-electron chi connectivity index (χ4n) is 5.35. The van der Waals surface area contributed by atoms with E-state index in [0.717, 1.165) is 42.8 Å². The van der Waals surface area contributed by atoms with Crippen molar-refractivity contribution < 1.29 is 22.8 Å². The number of amides is 2. The minimum atomic E-state index is -4.34. The van der Waals surface area contributed by atoms with Gasteiger partial charge in [0, 0.05) is 68.7 Å². The number of benzene rings is 1. The minimum Gasteiger partial charge on any atom is -0.340 e. The first-order chi connectivity index (χ1) is 20.4. The molecule has 3 heterocycles. The summed E-state index contributed by atoms with van der Waals surface area (Å²) in [5.41, 5.74) is 4.06. The lowest BCUT2D eigenvalue weighted by molar-refractivity contribution is -0.148. The Morgan fingerprint density at radius 2 is 1.86 bits per heavy atom. The van der Waals surface area contributed by atoms with Gasteiger partial charge in [-0.25, -0.2) is 4.99 Å². The van der Waals surface area contributed by atoms with E-state index in [1.165, 1.54) is 4.90 Å². The zero-order valence-electron chi connectivity index (χ0n) is 25.3. The van der Waals surface area contributed by atoms with Gasteiger partial charge in [0.1, 0.15) is 11.3 Å². The predicted octanol–water partition coefficient (Wildman–Crippen LogP) is 5.02. The Morgan fingerprint density at radius 3 is 2.47 bits per heavy atom. The molecule has 1 aromatic heterocycles. The molecule has 0 saturated carbocycles. The SMILES string of the molecule is CC/C=C(/N=c1/c(C2=CCN(C(=O)CCC(F)(F)F)CC2)cccn1C)Nc1ccc(C(=O)N2CCC(N(C)C)C2)cc1. The van der Waals surface area contributed by atoms with E-state index < -0.39 is 24.9 Å². The first-order valence-corrected chi connectivity index (χ1v) is 14.7. The lowest BCUT2D eigenvalue weighted by Gasteiger charge is -2.27. The number of hydrogen-bond donors (Lipinski definition) is 1. The standard InChI is InChI=1S/C32H41F3N6O2/c1-5-7-28(36-25-11-9-24(10-12-25)31(43)41-21-16-26(22-41)38(2)3)37-30-27(8-6-18-39(30)4)23-14-19-40(20-15-23)29(42)13-17-32(33,34)35/h6-12,14,18,26,36H,5,13,15-17,19-22H2,1-4H3/b28-7+,37-30-. The molecule has 1 saturated heterocycles. The third kappa shape index (κ3) is 8.59. The van der Waals surface area contributed by atoms with Crippen LogP contribution in [0, 0.1) is 0 Å². The average molecular weight is 599 g/mol. The fourth-order valence-corrected chi connectivity index (χ4v) is 5.35. The predicted molar refractivity (Wildman–Crippen MR) is 162 cm³/mol. The molecule has 11 heteroatoms. The molecule has 1 aromatic carbocycles. The van der Waals surface area contributed by atoms with Gasteiger partial charge in [0.15, 0.2) is 0 Å². The number of aryl methyl sites for hydroxylation is 1. The van der Waals surface area contributed by atoms with Crippen molar-refractivity contribution in [2.45, 2.75) is 51.2 Å². The number of allylic oxidation sites excluding steroid dienone is 1. The maximum Gasteiger partial charge on any atom is 0.389 e. The van der Waals surface area contributed by atoms with Crippen molar-refractivity contribution in [3.05, 3.63) is 77.2 Å². The van der Waals surface area contributed by atoms with Gasteiger partial charge < -0.3 is 24.6 Å². The molecule has 4 rings (SSSR count). The van der Waals surface area contributed by atoms with Crippen LogP contribution in [-0.4, -0.2) is 83.6 Å². The zero-order valence-corrected chi connectivity index (χ0v) is 25.3. The first kappa shape index (κ1) is 32.1. The number of carbonyl (C=O) groups is 2. The van der Waals surface area contributed by atoms with E-state index in [-0.39, 0.29) is 12.5 Å². The Kier molecular flexibility index (Phi) is 10.5. The van der Waals surface area contributed by atoms with Gasteiger partial charge in [0.25, 0.3) is 5.91 Å². The summed E-state index contributed by atoms with van der Waals surface area (Å²) in [4.78, 5) is 35.8. The van der Waals surface area contributed by atoms with Crippen LogP contribution in [0.15, 0.2) is 65.6 Å². The number of halogens is 3. The topological polar surface area (TPSA) is 73.2 Å². The van der Waals surface area contributed by atoms with E-state index in [0.29, 0.717) is 35.9 Å². The van der Waals surface area contributed by atoms with Gasteiger partial charge in [-0.3, -0.25) is 9.59 Å². The van der Waals surface area contributed by atoms with Crippen molar-refractivity contribution in [1.29, 1.82) is 0 Å². The number of carbonyl (C=O) groups excluding carboxylic acids is 2. The highest BCUT2D eigenvalue weighted by molar-refractivity contribution is 5.94. The summed E-state index contributed by atoms with van der Waals surface area (Å²) >= 11 is 0. The van der Waals surface area contributed by atoms with Gasteiger partial charge in [0.2, 0.25) is 5.91 Å². The Balaban J connectivity index is 1.49. The molecular weight excluding hydrogens is 557 g/mol. The van der Waals surface area contributed by atoms with Crippen molar-refractivity contribution >= 4 is 23.1 Å². The van der Waals surface area contributed by atoms with Crippen molar-refractivity contribution in [2.24, 2.45) is 12.0 Å². The van der Waals surface area contributed by atoms with Crippen LogP contribution in [0.2, 0.25) is 0 Å². The number of pyridine rings is 1. The number of alkyl halides is 3. The van der Waals surface area contributed by atoms with Crippen LogP contribution in [0.25, 0.3) is 5.57 Å². The average Bonchev–Trinajstić information content (AvgIpc) is 3.48. The van der Waals surface area contributed by atoms with Gasteiger partial charge in [0.05, 0.1) is 6.42 Å². The van der Waals surface area contributed by atoms with Crippen molar-refractivity contribution in [2.75, 3.05) is 45.6 Å². The Morgan fingerprint density at radius 1 is 1.12 bits per heavy atom. The molecule has 2 aliphatic heterocycles. The lowest BCUT2D eigenvalue weighted by Crippen LogP contribution is -2.36. The summed E-state index contributed by atoms with van der Waals surface area (Å²) < 4.78 is 39.6. The number of rotatable bonds is 9. The van der Waals surface area contributed by atoms with Crippen LogP contribution >= 0.6 is 0 Å². The van der Waals surface area contributed by atoms with Gasteiger partial charge in [-0.05, 0) is 81.4 Å². The highest BCUT2D eigenvalue weighted by Crippen LogP contribution is 2.25. The maximum absolute atomic E-state index is 13.0. The molecule has 0 radical (unpaired) electrons. The molecule has 8 nitrogen and oxygen atoms in total. The van der Waals surface area contributed by atoms with Crippen molar-refractivity contribution in [1.82, 2.24) is 19.3 Å². The van der Waals surface area contributed by atoms with Crippen LogP contribution in [0.5, 0.6) is 0 Å². The number of nitrogens with one attached hydrogen (secondary N) is 1. The summed E-state index contributed by atoms with van der Waals surface area (Å²) in [5.74, 6) is 0.199. The maximum atomic E-state index is 13.0. The quantitative estimate of drug-likeness (QED) is 0.440. The second-order valence-corrected chi connectivity index (χ2v) is 11.3. The van der Waals surface area contributed by atoms with Crippen LogP contribution in [0.3, 0.4) is 0 Å². The number of nitrogens with zero attached hydrogens (tertiary/aromatic N) is 5. The number of hydrogen-bond acceptors (Lipinski definition) is 5. The third-order valence-corrected chi connectivity index (χ3v) is 7.89.